The van der Waals surface area contributed by atoms with E-state index in [4.69, 9.17) is 4.74 Å². The van der Waals surface area contributed by atoms with Crippen molar-refractivity contribution < 1.29 is 19.1 Å². The molecule has 4 amide bonds. The summed E-state index contributed by atoms with van der Waals surface area (Å²) in [5, 5.41) is 6.27. The minimum absolute atomic E-state index is 0.162. The lowest BCUT2D eigenvalue weighted by Crippen LogP contribution is -2.54. The summed E-state index contributed by atoms with van der Waals surface area (Å²) in [7, 11) is 0. The Hall–Kier alpha value is -4.75. The predicted molar refractivity (Wildman–Crippen MR) is 160 cm³/mol. The molecule has 0 aromatic heterocycles. The van der Waals surface area contributed by atoms with Crippen LogP contribution in [0.2, 0.25) is 0 Å². The molecule has 196 valence electrons. The zero-order valence-electron chi connectivity index (χ0n) is 21.5. The number of carbonyl (C=O) groups excluding carboxylic acids is 3. The lowest BCUT2D eigenvalue weighted by Gasteiger charge is -2.26. The smallest absolute Gasteiger partial charge is 0.335 e. The molecular weight excluding hydrogens is 568 g/mol. The first-order valence-corrected chi connectivity index (χ1v) is 13.5. The van der Waals surface area contributed by atoms with Crippen LogP contribution in [0.3, 0.4) is 0 Å². The van der Waals surface area contributed by atoms with Crippen molar-refractivity contribution in [2.24, 2.45) is 0 Å². The van der Waals surface area contributed by atoms with Crippen molar-refractivity contribution in [3.63, 3.8) is 0 Å². The molecule has 0 radical (unpaired) electrons. The van der Waals surface area contributed by atoms with Crippen molar-refractivity contribution in [2.75, 3.05) is 4.90 Å². The SMILES string of the molecule is Cc1ccc2ccccc2c1COc1ccc2ccccc2c1/C=C1\C(=O)NC(=O)N(c2ccc(Br)cc2)C1=O. The van der Waals surface area contributed by atoms with Crippen LogP contribution >= 0.6 is 15.9 Å². The fraction of sp³-hybridized carbons (Fsp3) is 0.0606. The number of nitrogens with zero attached hydrogens (tertiary/aromatic N) is 1. The zero-order chi connectivity index (χ0) is 27.8. The Bertz CT molecular complexity index is 1860. The summed E-state index contributed by atoms with van der Waals surface area (Å²) in [6.45, 7) is 2.35. The van der Waals surface area contributed by atoms with E-state index in [1.165, 1.54) is 6.08 Å². The number of benzene rings is 5. The number of hydrogen-bond donors (Lipinski definition) is 1. The highest BCUT2D eigenvalue weighted by atomic mass is 79.9. The van der Waals surface area contributed by atoms with Crippen LogP contribution in [-0.2, 0) is 16.2 Å². The Kier molecular flexibility index (Phi) is 6.66. The van der Waals surface area contributed by atoms with Crippen LogP contribution in [0.15, 0.2) is 107 Å². The first-order valence-electron chi connectivity index (χ1n) is 12.7. The van der Waals surface area contributed by atoms with Gasteiger partial charge in [-0.1, -0.05) is 82.7 Å². The first kappa shape index (κ1) is 25.5. The van der Waals surface area contributed by atoms with Gasteiger partial charge in [0.05, 0.1) is 5.69 Å². The fourth-order valence-electron chi connectivity index (χ4n) is 4.96. The highest BCUT2D eigenvalue weighted by Crippen LogP contribution is 2.33. The van der Waals surface area contributed by atoms with Gasteiger partial charge in [0.15, 0.2) is 0 Å². The van der Waals surface area contributed by atoms with Gasteiger partial charge in [-0.3, -0.25) is 14.9 Å². The van der Waals surface area contributed by atoms with Crippen LogP contribution in [0.1, 0.15) is 16.7 Å². The van der Waals surface area contributed by atoms with Gasteiger partial charge in [-0.25, -0.2) is 9.69 Å². The highest BCUT2D eigenvalue weighted by Gasteiger charge is 2.37. The number of carbonyl (C=O) groups is 3. The second-order valence-corrected chi connectivity index (χ2v) is 10.4. The van der Waals surface area contributed by atoms with E-state index in [1.54, 1.807) is 24.3 Å². The summed E-state index contributed by atoms with van der Waals surface area (Å²) in [5.41, 5.74) is 2.93. The average molecular weight is 591 g/mol. The predicted octanol–water partition coefficient (Wildman–Crippen LogP) is 7.31. The number of urea groups is 1. The van der Waals surface area contributed by atoms with Gasteiger partial charge in [-0.15, -0.1) is 0 Å². The standard InChI is InChI=1S/C33H23BrN2O4/c1-20-10-11-21-6-3-5-9-26(21)29(20)19-40-30-17-12-22-7-2-4-8-25(22)27(30)18-28-31(37)35-33(39)36(32(28)38)24-15-13-23(34)14-16-24/h2-18H,19H2,1H3,(H,35,37,39)/b28-18+. The third kappa shape index (κ3) is 4.65. The van der Waals surface area contributed by atoms with Gasteiger partial charge in [0.2, 0.25) is 0 Å². The normalized spacial score (nSPS) is 14.7. The molecule has 6 nitrogen and oxygen atoms in total. The third-order valence-corrected chi connectivity index (χ3v) is 7.58. The maximum Gasteiger partial charge on any atom is 0.335 e. The molecule has 0 aliphatic carbocycles. The van der Waals surface area contributed by atoms with Crippen molar-refractivity contribution in [3.05, 3.63) is 124 Å². The molecule has 1 aliphatic rings. The molecular formula is C33H23BrN2O4. The number of amides is 4. The maximum absolute atomic E-state index is 13.6. The molecule has 5 aromatic rings. The van der Waals surface area contributed by atoms with Crippen molar-refractivity contribution in [1.82, 2.24) is 5.32 Å². The van der Waals surface area contributed by atoms with E-state index in [0.717, 1.165) is 42.0 Å². The molecule has 1 heterocycles. The Morgan fingerprint density at radius 1 is 0.800 bits per heavy atom. The number of fused-ring (bicyclic) bond motifs is 2. The first-order chi connectivity index (χ1) is 19.4. The van der Waals surface area contributed by atoms with Gasteiger partial charge in [0.1, 0.15) is 17.9 Å². The van der Waals surface area contributed by atoms with E-state index < -0.39 is 17.8 Å². The van der Waals surface area contributed by atoms with Crippen LogP contribution in [0, 0.1) is 6.92 Å². The highest BCUT2D eigenvalue weighted by molar-refractivity contribution is 9.10. The number of imide groups is 2. The Balaban J connectivity index is 1.44. The maximum atomic E-state index is 13.6. The van der Waals surface area contributed by atoms with Crippen molar-refractivity contribution in [1.29, 1.82) is 0 Å². The van der Waals surface area contributed by atoms with Crippen molar-refractivity contribution >= 4 is 67.1 Å². The molecule has 1 aliphatic heterocycles. The summed E-state index contributed by atoms with van der Waals surface area (Å²) in [4.78, 5) is 40.2. The number of hydrogen-bond acceptors (Lipinski definition) is 4. The third-order valence-electron chi connectivity index (χ3n) is 7.05. The Labute approximate surface area is 239 Å². The van der Waals surface area contributed by atoms with Gasteiger partial charge >= 0.3 is 6.03 Å². The van der Waals surface area contributed by atoms with Crippen LogP contribution in [-0.4, -0.2) is 17.8 Å². The molecule has 7 heteroatoms. The summed E-state index contributed by atoms with van der Waals surface area (Å²) >= 11 is 3.36. The van der Waals surface area contributed by atoms with Gasteiger partial charge < -0.3 is 4.74 Å². The van der Waals surface area contributed by atoms with Crippen LogP contribution in [0.25, 0.3) is 27.6 Å². The van der Waals surface area contributed by atoms with Gasteiger partial charge in [0, 0.05) is 15.6 Å². The monoisotopic (exact) mass is 590 g/mol. The molecule has 0 saturated carbocycles. The zero-order valence-corrected chi connectivity index (χ0v) is 23.1. The summed E-state index contributed by atoms with van der Waals surface area (Å²) in [5.74, 6) is -0.946. The van der Waals surface area contributed by atoms with E-state index in [9.17, 15) is 14.4 Å². The second kappa shape index (κ2) is 10.4. The minimum atomic E-state index is -0.796. The van der Waals surface area contributed by atoms with Crippen LogP contribution in [0.4, 0.5) is 10.5 Å². The summed E-state index contributed by atoms with van der Waals surface area (Å²) in [6, 6.07) is 29.7. The lowest BCUT2D eigenvalue weighted by atomic mass is 9.99. The number of aryl methyl sites for hydroxylation is 1. The number of ether oxygens (including phenoxy) is 1. The Morgan fingerprint density at radius 2 is 1.45 bits per heavy atom. The fourth-order valence-corrected chi connectivity index (χ4v) is 5.23. The summed E-state index contributed by atoms with van der Waals surface area (Å²) < 4.78 is 7.20. The second-order valence-electron chi connectivity index (χ2n) is 9.50. The molecule has 1 fully saturated rings. The van der Waals surface area contributed by atoms with Crippen molar-refractivity contribution in [3.8, 4) is 5.75 Å². The largest absolute Gasteiger partial charge is 0.488 e. The van der Waals surface area contributed by atoms with Crippen LogP contribution in [0.5, 0.6) is 5.75 Å². The molecule has 6 rings (SSSR count). The minimum Gasteiger partial charge on any atom is -0.488 e. The van der Waals surface area contributed by atoms with Gasteiger partial charge in [-0.2, -0.15) is 0 Å². The van der Waals surface area contributed by atoms with E-state index in [2.05, 4.69) is 45.5 Å². The topological polar surface area (TPSA) is 75.7 Å². The molecule has 1 saturated heterocycles. The molecule has 40 heavy (non-hydrogen) atoms. The van der Waals surface area contributed by atoms with E-state index in [-0.39, 0.29) is 5.57 Å². The van der Waals surface area contributed by atoms with E-state index in [0.29, 0.717) is 23.6 Å². The molecule has 0 bridgehead atoms. The van der Waals surface area contributed by atoms with E-state index >= 15 is 0 Å². The van der Waals surface area contributed by atoms with Crippen LogP contribution < -0.4 is 15.0 Å². The number of anilines is 1. The summed E-state index contributed by atoms with van der Waals surface area (Å²) in [6.07, 6.45) is 1.52. The average Bonchev–Trinajstić information content (AvgIpc) is 2.96. The number of halogens is 1. The van der Waals surface area contributed by atoms with Gasteiger partial charge in [0.25, 0.3) is 11.8 Å². The lowest BCUT2D eigenvalue weighted by molar-refractivity contribution is -0.122. The molecule has 0 atom stereocenters. The number of barbiturate groups is 1. The molecule has 0 unspecified atom stereocenters. The molecule has 0 spiro atoms. The number of rotatable bonds is 5. The molecule has 5 aromatic carbocycles. The van der Waals surface area contributed by atoms with E-state index in [1.807, 2.05) is 55.5 Å². The van der Waals surface area contributed by atoms with Crippen molar-refractivity contribution in [2.45, 2.75) is 13.5 Å². The Morgan fingerprint density at radius 3 is 2.20 bits per heavy atom. The number of nitrogens with one attached hydrogen (secondary N) is 1. The quantitative estimate of drug-likeness (QED) is 0.172. The van der Waals surface area contributed by atoms with Gasteiger partial charge in [-0.05, 0) is 70.4 Å². The molecule has 1 N–H and O–H groups in total.